The minimum absolute atomic E-state index is 0.727. The van der Waals surface area contributed by atoms with Crippen LogP contribution in [0.25, 0.3) is 0 Å². The van der Waals surface area contributed by atoms with E-state index in [0.29, 0.717) is 0 Å². The maximum Gasteiger partial charge on any atom is 0.123 e. The zero-order valence-corrected chi connectivity index (χ0v) is 15.2. The van der Waals surface area contributed by atoms with E-state index in [0.717, 1.165) is 36.6 Å². The van der Waals surface area contributed by atoms with Crippen molar-refractivity contribution in [1.29, 1.82) is 0 Å². The standard InChI is InChI=1S/C20H32N2O2/c1-21(13-14-24-19-9-5-8-18(15-19)23-2)16-17-7-6-12-22-11-4-3-10-20(17)22/h5,8-9,15,17,20H,3-4,6-7,10-14,16H2,1-2H3/t17-,20+/m0/s1. The summed E-state index contributed by atoms with van der Waals surface area (Å²) in [5, 5.41) is 0. The van der Waals surface area contributed by atoms with Gasteiger partial charge in [0.2, 0.25) is 0 Å². The van der Waals surface area contributed by atoms with Gasteiger partial charge >= 0.3 is 0 Å². The number of rotatable bonds is 7. The van der Waals surface area contributed by atoms with Crippen molar-refractivity contribution in [2.24, 2.45) is 5.92 Å². The van der Waals surface area contributed by atoms with Gasteiger partial charge in [0.15, 0.2) is 0 Å². The Morgan fingerprint density at radius 1 is 1.12 bits per heavy atom. The molecule has 2 aliphatic heterocycles. The molecule has 2 fully saturated rings. The second-order valence-electron chi connectivity index (χ2n) is 7.29. The molecule has 0 N–H and O–H groups in total. The predicted molar refractivity (Wildman–Crippen MR) is 97.9 cm³/mol. The average molecular weight is 332 g/mol. The molecule has 2 atom stereocenters. The second kappa shape index (κ2) is 8.72. The summed E-state index contributed by atoms with van der Waals surface area (Å²) in [6.07, 6.45) is 6.98. The largest absolute Gasteiger partial charge is 0.497 e. The van der Waals surface area contributed by atoms with Gasteiger partial charge < -0.3 is 19.3 Å². The predicted octanol–water partition coefficient (Wildman–Crippen LogP) is 3.27. The van der Waals surface area contributed by atoms with Crippen molar-refractivity contribution in [1.82, 2.24) is 9.80 Å². The first-order valence-electron chi connectivity index (χ1n) is 9.45. The molecule has 0 aliphatic carbocycles. The fourth-order valence-electron chi connectivity index (χ4n) is 4.29. The van der Waals surface area contributed by atoms with E-state index in [9.17, 15) is 0 Å². The third-order valence-corrected chi connectivity index (χ3v) is 5.56. The van der Waals surface area contributed by atoms with Crippen molar-refractivity contribution in [2.75, 3.05) is 46.9 Å². The highest BCUT2D eigenvalue weighted by atomic mass is 16.5. The van der Waals surface area contributed by atoms with Gasteiger partial charge in [0.1, 0.15) is 18.1 Å². The van der Waals surface area contributed by atoms with Crippen LogP contribution in [0, 0.1) is 5.92 Å². The Morgan fingerprint density at radius 2 is 1.96 bits per heavy atom. The fourth-order valence-corrected chi connectivity index (χ4v) is 4.29. The van der Waals surface area contributed by atoms with Crippen LogP contribution in [0.5, 0.6) is 11.5 Å². The average Bonchev–Trinajstić information content (AvgIpc) is 2.62. The van der Waals surface area contributed by atoms with Crippen molar-refractivity contribution in [3.05, 3.63) is 24.3 Å². The van der Waals surface area contributed by atoms with E-state index in [2.05, 4.69) is 16.8 Å². The van der Waals surface area contributed by atoms with E-state index in [1.807, 2.05) is 24.3 Å². The molecule has 2 heterocycles. The molecular weight excluding hydrogens is 300 g/mol. The highest BCUT2D eigenvalue weighted by Gasteiger charge is 2.33. The van der Waals surface area contributed by atoms with E-state index < -0.39 is 0 Å². The first-order chi connectivity index (χ1) is 11.8. The normalized spacial score (nSPS) is 24.6. The molecule has 0 amide bonds. The summed E-state index contributed by atoms with van der Waals surface area (Å²) in [6, 6.07) is 8.68. The molecule has 3 rings (SSSR count). The van der Waals surface area contributed by atoms with Gasteiger partial charge in [-0.05, 0) is 63.9 Å². The Labute approximate surface area is 146 Å². The van der Waals surface area contributed by atoms with Gasteiger partial charge in [-0.25, -0.2) is 0 Å². The molecule has 2 saturated heterocycles. The first-order valence-corrected chi connectivity index (χ1v) is 9.45. The molecular formula is C20H32N2O2. The second-order valence-corrected chi connectivity index (χ2v) is 7.29. The quantitative estimate of drug-likeness (QED) is 0.765. The lowest BCUT2D eigenvalue weighted by atomic mass is 9.83. The van der Waals surface area contributed by atoms with E-state index >= 15 is 0 Å². The number of hydrogen-bond donors (Lipinski definition) is 0. The number of methoxy groups -OCH3 is 1. The van der Waals surface area contributed by atoms with Crippen LogP contribution >= 0.6 is 0 Å². The molecule has 2 aliphatic rings. The molecule has 134 valence electrons. The summed E-state index contributed by atoms with van der Waals surface area (Å²) in [5.74, 6) is 2.57. The SMILES string of the molecule is COc1cccc(OCCN(C)C[C@@H]2CCCN3CCCC[C@H]23)c1. The number of likely N-dealkylation sites (N-methyl/N-ethyl adjacent to an activating group) is 1. The smallest absolute Gasteiger partial charge is 0.123 e. The molecule has 0 saturated carbocycles. The fraction of sp³-hybridized carbons (Fsp3) is 0.700. The van der Waals surface area contributed by atoms with Gasteiger partial charge in [0.25, 0.3) is 0 Å². The van der Waals surface area contributed by atoms with Crippen LogP contribution in [0.4, 0.5) is 0 Å². The molecule has 4 nitrogen and oxygen atoms in total. The van der Waals surface area contributed by atoms with Gasteiger partial charge in [0.05, 0.1) is 7.11 Å². The van der Waals surface area contributed by atoms with Crippen LogP contribution < -0.4 is 9.47 Å². The number of hydrogen-bond acceptors (Lipinski definition) is 4. The molecule has 0 aromatic heterocycles. The lowest BCUT2D eigenvalue weighted by Crippen LogP contribution is -2.50. The molecule has 0 unspecified atom stereocenters. The highest BCUT2D eigenvalue weighted by molar-refractivity contribution is 5.32. The Morgan fingerprint density at radius 3 is 2.83 bits per heavy atom. The molecule has 1 aromatic rings. The summed E-state index contributed by atoms with van der Waals surface area (Å²) >= 11 is 0. The summed E-state index contributed by atoms with van der Waals surface area (Å²) in [7, 11) is 3.92. The summed E-state index contributed by atoms with van der Waals surface area (Å²) in [4.78, 5) is 5.20. The zero-order chi connectivity index (χ0) is 16.8. The Kier molecular flexibility index (Phi) is 6.38. The highest BCUT2D eigenvalue weighted by Crippen LogP contribution is 2.31. The topological polar surface area (TPSA) is 24.9 Å². The first kappa shape index (κ1) is 17.6. The molecule has 0 radical (unpaired) electrons. The maximum atomic E-state index is 5.88. The summed E-state index contributed by atoms with van der Waals surface area (Å²) in [5.41, 5.74) is 0. The molecule has 4 heteroatoms. The maximum absolute atomic E-state index is 5.88. The third-order valence-electron chi connectivity index (χ3n) is 5.56. The molecule has 0 spiro atoms. The van der Waals surface area contributed by atoms with Gasteiger partial charge in [-0.1, -0.05) is 12.5 Å². The van der Waals surface area contributed by atoms with Crippen LogP contribution in [-0.2, 0) is 0 Å². The Bertz CT molecular complexity index is 506. The van der Waals surface area contributed by atoms with Crippen LogP contribution in [-0.4, -0.2) is 62.8 Å². The van der Waals surface area contributed by atoms with E-state index in [-0.39, 0.29) is 0 Å². The Hall–Kier alpha value is -1.26. The van der Waals surface area contributed by atoms with Crippen molar-refractivity contribution >= 4 is 0 Å². The van der Waals surface area contributed by atoms with Crippen LogP contribution in [0.1, 0.15) is 32.1 Å². The number of fused-ring (bicyclic) bond motifs is 1. The van der Waals surface area contributed by atoms with Crippen molar-refractivity contribution in [3.8, 4) is 11.5 Å². The zero-order valence-electron chi connectivity index (χ0n) is 15.2. The van der Waals surface area contributed by atoms with E-state index in [1.54, 1.807) is 7.11 Å². The van der Waals surface area contributed by atoms with Crippen LogP contribution in [0.3, 0.4) is 0 Å². The van der Waals surface area contributed by atoms with E-state index in [4.69, 9.17) is 9.47 Å². The third kappa shape index (κ3) is 4.64. The van der Waals surface area contributed by atoms with Gasteiger partial charge in [-0.2, -0.15) is 0 Å². The van der Waals surface area contributed by atoms with Gasteiger partial charge in [-0.3, -0.25) is 0 Å². The van der Waals surface area contributed by atoms with Crippen LogP contribution in [0.15, 0.2) is 24.3 Å². The number of piperidine rings is 2. The minimum atomic E-state index is 0.727. The lowest BCUT2D eigenvalue weighted by Gasteiger charge is -2.45. The molecule has 1 aromatic carbocycles. The molecule has 24 heavy (non-hydrogen) atoms. The number of nitrogens with zero attached hydrogens (tertiary/aromatic N) is 2. The monoisotopic (exact) mass is 332 g/mol. The van der Waals surface area contributed by atoms with Crippen molar-refractivity contribution in [3.63, 3.8) is 0 Å². The molecule has 0 bridgehead atoms. The van der Waals surface area contributed by atoms with Crippen LogP contribution in [0.2, 0.25) is 0 Å². The lowest BCUT2D eigenvalue weighted by molar-refractivity contribution is 0.0428. The number of ether oxygens (including phenoxy) is 2. The van der Waals surface area contributed by atoms with Gasteiger partial charge in [-0.15, -0.1) is 0 Å². The number of benzene rings is 1. The van der Waals surface area contributed by atoms with Crippen molar-refractivity contribution < 1.29 is 9.47 Å². The minimum Gasteiger partial charge on any atom is -0.497 e. The van der Waals surface area contributed by atoms with Gasteiger partial charge in [0, 0.05) is 25.2 Å². The Balaban J connectivity index is 1.42. The summed E-state index contributed by atoms with van der Waals surface area (Å²) in [6.45, 7) is 5.54. The summed E-state index contributed by atoms with van der Waals surface area (Å²) < 4.78 is 11.1. The van der Waals surface area contributed by atoms with Crippen molar-refractivity contribution in [2.45, 2.75) is 38.1 Å². The van der Waals surface area contributed by atoms with E-state index in [1.165, 1.54) is 51.7 Å².